The highest BCUT2D eigenvalue weighted by Crippen LogP contribution is 2.24. The van der Waals surface area contributed by atoms with E-state index < -0.39 is 0 Å². The number of nitrogens with zero attached hydrogens (tertiary/aromatic N) is 2. The zero-order chi connectivity index (χ0) is 12.7. The van der Waals surface area contributed by atoms with Crippen molar-refractivity contribution in [3.05, 3.63) is 42.2 Å². The molecule has 2 heteroatoms. The molecule has 92 valence electrons. The molecule has 0 amide bonds. The summed E-state index contributed by atoms with van der Waals surface area (Å²) >= 11 is 0. The van der Waals surface area contributed by atoms with E-state index in [-0.39, 0.29) is 0 Å². The first-order chi connectivity index (χ1) is 8.77. The lowest BCUT2D eigenvalue weighted by Gasteiger charge is -1.99. The molecular formula is C16H19N2+. The van der Waals surface area contributed by atoms with Gasteiger partial charge in [-0.3, -0.25) is 0 Å². The first-order valence-electron chi connectivity index (χ1n) is 6.68. The molecule has 0 radical (unpaired) electrons. The summed E-state index contributed by atoms with van der Waals surface area (Å²) < 4.78 is 4.81. The second-order valence-corrected chi connectivity index (χ2v) is 4.69. The molecule has 3 aromatic rings. The van der Waals surface area contributed by atoms with Crippen molar-refractivity contribution in [3.63, 3.8) is 0 Å². The maximum Gasteiger partial charge on any atom is 0.254 e. The molecule has 3 rings (SSSR count). The second-order valence-electron chi connectivity index (χ2n) is 4.69. The Bertz CT molecular complexity index is 723. The first-order valence-corrected chi connectivity index (χ1v) is 6.68. The van der Waals surface area contributed by atoms with Gasteiger partial charge in [0.1, 0.15) is 0 Å². The zero-order valence-corrected chi connectivity index (χ0v) is 11.3. The average Bonchev–Trinajstić information content (AvgIpc) is 2.70. The van der Waals surface area contributed by atoms with Gasteiger partial charge >= 0.3 is 0 Å². The Hall–Kier alpha value is -1.83. The molecule has 1 heterocycles. The number of imidazole rings is 1. The molecule has 0 spiro atoms. The predicted octanol–water partition coefficient (Wildman–Crippen LogP) is 3.43. The fraction of sp³-hybridized carbons (Fsp3) is 0.312. The Morgan fingerprint density at radius 3 is 2.56 bits per heavy atom. The van der Waals surface area contributed by atoms with Crippen LogP contribution in [-0.2, 0) is 13.1 Å². The lowest BCUT2D eigenvalue weighted by molar-refractivity contribution is -0.674. The number of rotatable bonds is 2. The summed E-state index contributed by atoms with van der Waals surface area (Å²) in [6.45, 7) is 8.68. The van der Waals surface area contributed by atoms with Crippen LogP contribution >= 0.6 is 0 Å². The van der Waals surface area contributed by atoms with E-state index in [1.807, 2.05) is 0 Å². The van der Waals surface area contributed by atoms with E-state index in [9.17, 15) is 0 Å². The van der Waals surface area contributed by atoms with Crippen LogP contribution in [0.1, 0.15) is 19.7 Å². The Labute approximate surface area is 107 Å². The summed E-state index contributed by atoms with van der Waals surface area (Å²) in [4.78, 5) is 0. The highest BCUT2D eigenvalue weighted by molar-refractivity contribution is 6.02. The van der Waals surface area contributed by atoms with Crippen LogP contribution in [0.25, 0.3) is 21.8 Å². The van der Waals surface area contributed by atoms with E-state index in [2.05, 4.69) is 66.3 Å². The van der Waals surface area contributed by atoms with Gasteiger partial charge in [-0.15, -0.1) is 0 Å². The number of aromatic nitrogens is 2. The van der Waals surface area contributed by atoms with Gasteiger partial charge in [0.25, 0.3) is 5.82 Å². The maximum absolute atomic E-state index is 2.42. The highest BCUT2D eigenvalue weighted by Gasteiger charge is 2.21. The molecule has 1 aromatic heterocycles. The van der Waals surface area contributed by atoms with Gasteiger partial charge in [-0.25, -0.2) is 9.13 Å². The van der Waals surface area contributed by atoms with Crippen LogP contribution in [0.15, 0.2) is 36.4 Å². The van der Waals surface area contributed by atoms with Crippen molar-refractivity contribution < 1.29 is 4.57 Å². The van der Waals surface area contributed by atoms with E-state index in [4.69, 9.17) is 0 Å². The van der Waals surface area contributed by atoms with Crippen LogP contribution in [0.2, 0.25) is 0 Å². The van der Waals surface area contributed by atoms with Crippen molar-refractivity contribution in [1.82, 2.24) is 4.57 Å². The molecule has 0 bridgehead atoms. The minimum Gasteiger partial charge on any atom is -0.228 e. The summed E-state index contributed by atoms with van der Waals surface area (Å²) in [5.41, 5.74) is 2.71. The Balaban J connectivity index is 2.57. The van der Waals surface area contributed by atoms with Crippen molar-refractivity contribution in [2.24, 2.45) is 0 Å². The SMILES string of the molecule is CCn1c(C)[n+](CC)c2c3ccccc3ccc21. The smallest absolute Gasteiger partial charge is 0.228 e. The Kier molecular flexibility index (Phi) is 2.58. The summed E-state index contributed by atoms with van der Waals surface area (Å²) in [6.07, 6.45) is 0. The Morgan fingerprint density at radius 2 is 1.83 bits per heavy atom. The molecule has 0 aliphatic rings. The zero-order valence-electron chi connectivity index (χ0n) is 11.3. The van der Waals surface area contributed by atoms with E-state index in [1.54, 1.807) is 0 Å². The average molecular weight is 239 g/mol. The van der Waals surface area contributed by atoms with Gasteiger partial charge < -0.3 is 0 Å². The summed E-state index contributed by atoms with van der Waals surface area (Å²) in [7, 11) is 0. The maximum atomic E-state index is 2.42. The van der Waals surface area contributed by atoms with E-state index >= 15 is 0 Å². The number of aryl methyl sites for hydroxylation is 2. The third-order valence-electron chi connectivity index (χ3n) is 3.85. The number of hydrogen-bond acceptors (Lipinski definition) is 0. The molecular weight excluding hydrogens is 220 g/mol. The van der Waals surface area contributed by atoms with Crippen molar-refractivity contribution in [1.29, 1.82) is 0 Å². The van der Waals surface area contributed by atoms with Crippen LogP contribution in [0.4, 0.5) is 0 Å². The van der Waals surface area contributed by atoms with Gasteiger partial charge in [0.2, 0.25) is 0 Å². The molecule has 0 aliphatic carbocycles. The van der Waals surface area contributed by atoms with E-state index in [0.29, 0.717) is 0 Å². The second kappa shape index (κ2) is 4.13. The van der Waals surface area contributed by atoms with Gasteiger partial charge in [-0.05, 0) is 37.4 Å². The first kappa shape index (κ1) is 11.3. The molecule has 2 aromatic carbocycles. The molecule has 2 nitrogen and oxygen atoms in total. The lowest BCUT2D eigenvalue weighted by atomic mass is 10.1. The van der Waals surface area contributed by atoms with Crippen LogP contribution in [0, 0.1) is 6.92 Å². The fourth-order valence-corrected chi connectivity index (χ4v) is 3.01. The monoisotopic (exact) mass is 239 g/mol. The molecule has 0 atom stereocenters. The van der Waals surface area contributed by atoms with Crippen molar-refractivity contribution >= 4 is 21.8 Å². The van der Waals surface area contributed by atoms with Gasteiger partial charge in [-0.1, -0.05) is 18.2 Å². The standard InChI is InChI=1S/C16H19N2/c1-4-17-12(3)18(5-2)16-14-9-7-6-8-13(14)10-11-15(16)17/h6-11H,4-5H2,1-3H3/q+1. The summed E-state index contributed by atoms with van der Waals surface area (Å²) in [5.74, 6) is 1.34. The van der Waals surface area contributed by atoms with Gasteiger partial charge in [0.05, 0.1) is 13.1 Å². The van der Waals surface area contributed by atoms with Crippen LogP contribution < -0.4 is 4.57 Å². The van der Waals surface area contributed by atoms with Crippen LogP contribution in [0.3, 0.4) is 0 Å². The topological polar surface area (TPSA) is 8.81 Å². The molecule has 0 saturated heterocycles. The van der Waals surface area contributed by atoms with E-state index in [1.165, 1.54) is 27.6 Å². The highest BCUT2D eigenvalue weighted by atomic mass is 15.2. The normalized spacial score (nSPS) is 11.5. The molecule has 0 N–H and O–H groups in total. The molecule has 0 aliphatic heterocycles. The van der Waals surface area contributed by atoms with E-state index in [0.717, 1.165) is 13.1 Å². The largest absolute Gasteiger partial charge is 0.254 e. The van der Waals surface area contributed by atoms with Gasteiger partial charge in [0.15, 0.2) is 11.0 Å². The number of benzene rings is 2. The molecule has 0 saturated carbocycles. The van der Waals surface area contributed by atoms with Crippen LogP contribution in [-0.4, -0.2) is 4.57 Å². The predicted molar refractivity (Wildman–Crippen MR) is 75.7 cm³/mol. The van der Waals surface area contributed by atoms with Crippen LogP contribution in [0.5, 0.6) is 0 Å². The third kappa shape index (κ3) is 1.38. The Morgan fingerprint density at radius 1 is 1.06 bits per heavy atom. The minimum atomic E-state index is 1.02. The summed E-state index contributed by atoms with van der Waals surface area (Å²) in [5, 5.41) is 2.67. The molecule has 18 heavy (non-hydrogen) atoms. The van der Waals surface area contributed by atoms with Crippen molar-refractivity contribution in [2.45, 2.75) is 33.9 Å². The lowest BCUT2D eigenvalue weighted by Crippen LogP contribution is -2.35. The summed E-state index contributed by atoms with van der Waals surface area (Å²) in [6, 6.07) is 13.1. The van der Waals surface area contributed by atoms with Gasteiger partial charge in [-0.2, -0.15) is 0 Å². The minimum absolute atomic E-state index is 1.02. The number of fused-ring (bicyclic) bond motifs is 3. The van der Waals surface area contributed by atoms with Crippen molar-refractivity contribution in [3.8, 4) is 0 Å². The number of hydrogen-bond donors (Lipinski definition) is 0. The molecule has 0 fully saturated rings. The van der Waals surface area contributed by atoms with Gasteiger partial charge in [0, 0.05) is 12.3 Å². The molecule has 0 unspecified atom stereocenters. The third-order valence-corrected chi connectivity index (χ3v) is 3.85. The van der Waals surface area contributed by atoms with Crippen molar-refractivity contribution in [2.75, 3.05) is 0 Å². The quantitative estimate of drug-likeness (QED) is 0.606. The fourth-order valence-electron chi connectivity index (χ4n) is 3.01.